The lowest BCUT2D eigenvalue weighted by Gasteiger charge is -2.27. The van der Waals surface area contributed by atoms with E-state index in [1.165, 1.54) is 19.3 Å². The normalized spacial score (nSPS) is 17.1. The maximum atomic E-state index is 13.0. The number of methoxy groups -OCH3 is 1. The average molecular weight is 518 g/mol. The van der Waals surface area contributed by atoms with E-state index in [1.807, 2.05) is 90.9 Å². The maximum absolute atomic E-state index is 13.0. The number of aldehydes is 1. The van der Waals surface area contributed by atoms with Gasteiger partial charge in [-0.3, -0.25) is 9.59 Å². The van der Waals surface area contributed by atoms with Gasteiger partial charge < -0.3 is 14.4 Å². The predicted octanol–water partition coefficient (Wildman–Crippen LogP) is 7.62. The second-order valence-electron chi connectivity index (χ2n) is 8.96. The van der Waals surface area contributed by atoms with Crippen molar-refractivity contribution in [3.05, 3.63) is 144 Å². The molecule has 0 unspecified atom stereocenters. The largest absolute Gasteiger partial charge is 0.493 e. The number of hydrogen-bond acceptors (Lipinski definition) is 5. The molecule has 1 aliphatic carbocycles. The van der Waals surface area contributed by atoms with Crippen LogP contribution in [0, 0.1) is 6.92 Å². The summed E-state index contributed by atoms with van der Waals surface area (Å²) in [5.74, 6) is 0.472. The number of carbonyl (C=O) groups is 2. The zero-order valence-electron chi connectivity index (χ0n) is 22.2. The molecular formula is C34H31NO4. The quantitative estimate of drug-likeness (QED) is 0.148. The number of rotatable bonds is 9. The molecule has 0 radical (unpaired) electrons. The summed E-state index contributed by atoms with van der Waals surface area (Å²) >= 11 is 0. The molecule has 0 aromatic heterocycles. The Morgan fingerprint density at radius 2 is 1.82 bits per heavy atom. The third-order valence-electron chi connectivity index (χ3n) is 6.40. The van der Waals surface area contributed by atoms with E-state index in [0.29, 0.717) is 17.6 Å². The van der Waals surface area contributed by atoms with Crippen molar-refractivity contribution in [3.63, 3.8) is 0 Å². The van der Waals surface area contributed by atoms with Gasteiger partial charge in [0.1, 0.15) is 5.76 Å². The number of allylic oxidation sites excluding steroid dienone is 11. The predicted molar refractivity (Wildman–Crippen MR) is 158 cm³/mol. The molecule has 1 aliphatic heterocycles. The Labute approximate surface area is 229 Å². The van der Waals surface area contributed by atoms with Crippen LogP contribution in [0.1, 0.15) is 24.0 Å². The number of aryl methyl sites for hydroxylation is 1. The maximum Gasteiger partial charge on any atom is 0.227 e. The van der Waals surface area contributed by atoms with E-state index < -0.39 is 0 Å². The molecule has 0 saturated carbocycles. The van der Waals surface area contributed by atoms with Gasteiger partial charge in [0, 0.05) is 17.3 Å². The van der Waals surface area contributed by atoms with Crippen LogP contribution in [0.25, 0.3) is 5.57 Å². The number of benzene rings is 2. The van der Waals surface area contributed by atoms with Crippen LogP contribution in [0.5, 0.6) is 5.75 Å². The van der Waals surface area contributed by atoms with Crippen molar-refractivity contribution in [2.24, 2.45) is 0 Å². The Hall–Kier alpha value is -4.90. The summed E-state index contributed by atoms with van der Waals surface area (Å²) in [5.41, 5.74) is 5.06. The summed E-state index contributed by atoms with van der Waals surface area (Å²) in [6.07, 6.45) is 18.5. The molecule has 5 nitrogen and oxygen atoms in total. The minimum absolute atomic E-state index is 0.0359. The molecule has 5 heteroatoms. The number of para-hydroxylation sites is 2. The molecule has 0 spiro atoms. The van der Waals surface area contributed by atoms with E-state index >= 15 is 0 Å². The topological polar surface area (TPSA) is 55.8 Å². The van der Waals surface area contributed by atoms with Crippen LogP contribution in [-0.2, 0) is 14.3 Å². The van der Waals surface area contributed by atoms with Crippen LogP contribution >= 0.6 is 0 Å². The first-order valence-electron chi connectivity index (χ1n) is 12.7. The number of Topliss-reactive ketones (excluding diaryl/α,β-unsaturated/α-hetero) is 1. The summed E-state index contributed by atoms with van der Waals surface area (Å²) in [6, 6.07) is 13.8. The number of hydrogen-bond donors (Lipinski definition) is 0. The van der Waals surface area contributed by atoms with E-state index in [1.54, 1.807) is 6.08 Å². The van der Waals surface area contributed by atoms with Crippen LogP contribution in [0.2, 0.25) is 0 Å². The summed E-state index contributed by atoms with van der Waals surface area (Å²) < 4.78 is 11.8. The Kier molecular flexibility index (Phi) is 8.75. The first-order chi connectivity index (χ1) is 19.0. The van der Waals surface area contributed by atoms with Crippen LogP contribution < -0.4 is 9.64 Å². The third kappa shape index (κ3) is 5.99. The fourth-order valence-electron chi connectivity index (χ4n) is 4.38. The van der Waals surface area contributed by atoms with Gasteiger partial charge in [-0.1, -0.05) is 73.9 Å². The Morgan fingerprint density at radius 3 is 2.54 bits per heavy atom. The second-order valence-corrected chi connectivity index (χ2v) is 8.96. The van der Waals surface area contributed by atoms with Gasteiger partial charge in [0.15, 0.2) is 17.8 Å². The highest BCUT2D eigenvalue weighted by Crippen LogP contribution is 2.41. The first kappa shape index (κ1) is 27.1. The molecule has 0 amide bonds. The molecule has 39 heavy (non-hydrogen) atoms. The van der Waals surface area contributed by atoms with Gasteiger partial charge in [-0.05, 0) is 61.3 Å². The summed E-state index contributed by atoms with van der Waals surface area (Å²) in [4.78, 5) is 27.3. The second kappa shape index (κ2) is 12.6. The zero-order valence-corrected chi connectivity index (χ0v) is 22.2. The molecule has 2 aromatic rings. The van der Waals surface area contributed by atoms with E-state index in [2.05, 4.69) is 13.2 Å². The molecule has 4 rings (SSSR count). The van der Waals surface area contributed by atoms with Crippen molar-refractivity contribution >= 4 is 29.0 Å². The van der Waals surface area contributed by atoms with Gasteiger partial charge in [-0.25, -0.2) is 0 Å². The number of carbonyl (C=O) groups excluding carboxylic acids is 2. The Balaban J connectivity index is 1.80. The van der Waals surface area contributed by atoms with Gasteiger partial charge in [0.25, 0.3) is 0 Å². The number of fused-ring (bicyclic) bond motifs is 1. The van der Waals surface area contributed by atoms with E-state index in [4.69, 9.17) is 9.47 Å². The fraction of sp³-hybridized carbons (Fsp3) is 0.118. The molecule has 0 atom stereocenters. The molecule has 2 aliphatic rings. The molecule has 2 aromatic carbocycles. The molecule has 0 saturated heterocycles. The third-order valence-corrected chi connectivity index (χ3v) is 6.40. The SMILES string of the molecule is C=C/C(Oc1c(C)cccc1N1/C=C\C=C/C(=C)c2ccccc21)=C(C=O)\C=C(/OC)C(=O)C1=CCCC=C1. The highest BCUT2D eigenvalue weighted by Gasteiger charge is 2.21. The summed E-state index contributed by atoms with van der Waals surface area (Å²) in [6.45, 7) is 10.0. The van der Waals surface area contributed by atoms with Gasteiger partial charge in [0.2, 0.25) is 5.78 Å². The van der Waals surface area contributed by atoms with Crippen molar-refractivity contribution in [3.8, 4) is 5.75 Å². The molecule has 1 heterocycles. The van der Waals surface area contributed by atoms with E-state index in [9.17, 15) is 9.59 Å². The standard InChI is InChI=1S/C34H31NO4/c1-5-31(27(23-36)22-32(38-4)33(37)26-16-7-6-8-17-26)39-34-25(3)15-13-20-30(34)35-21-12-11-14-24(2)28-18-9-10-19-29(28)35/h5,7,9-23H,1-2,6,8H2,3-4H3/b14-11-,21-12-,31-27-,32-22-. The number of ketones is 1. The minimum atomic E-state index is -0.302. The number of nitrogens with zero attached hydrogens (tertiary/aromatic N) is 1. The van der Waals surface area contributed by atoms with E-state index in [0.717, 1.165) is 40.9 Å². The molecule has 0 bridgehead atoms. The van der Waals surface area contributed by atoms with Crippen molar-refractivity contribution in [2.75, 3.05) is 12.0 Å². The highest BCUT2D eigenvalue weighted by molar-refractivity contribution is 6.09. The molecular weight excluding hydrogens is 486 g/mol. The van der Waals surface area contributed by atoms with Crippen LogP contribution in [-0.4, -0.2) is 19.2 Å². The van der Waals surface area contributed by atoms with Gasteiger partial charge in [-0.2, -0.15) is 0 Å². The molecule has 0 N–H and O–H groups in total. The molecule has 0 fully saturated rings. The first-order valence-corrected chi connectivity index (χ1v) is 12.7. The Morgan fingerprint density at radius 1 is 1.03 bits per heavy atom. The summed E-state index contributed by atoms with van der Waals surface area (Å²) in [7, 11) is 1.40. The smallest absolute Gasteiger partial charge is 0.227 e. The lowest BCUT2D eigenvalue weighted by atomic mass is 10.0. The van der Waals surface area contributed by atoms with Crippen molar-refractivity contribution < 1.29 is 19.1 Å². The summed E-state index contributed by atoms with van der Waals surface area (Å²) in [5, 5.41) is 0. The van der Waals surface area contributed by atoms with Crippen LogP contribution in [0.3, 0.4) is 0 Å². The minimum Gasteiger partial charge on any atom is -0.493 e. The van der Waals surface area contributed by atoms with Gasteiger partial charge in [-0.15, -0.1) is 0 Å². The lowest BCUT2D eigenvalue weighted by Crippen LogP contribution is -2.14. The van der Waals surface area contributed by atoms with Crippen LogP contribution in [0.15, 0.2) is 133 Å². The number of anilines is 2. The van der Waals surface area contributed by atoms with Crippen molar-refractivity contribution in [1.29, 1.82) is 0 Å². The van der Waals surface area contributed by atoms with Gasteiger partial charge >= 0.3 is 0 Å². The average Bonchev–Trinajstić information content (AvgIpc) is 2.97. The van der Waals surface area contributed by atoms with Crippen molar-refractivity contribution in [1.82, 2.24) is 0 Å². The lowest BCUT2D eigenvalue weighted by molar-refractivity contribution is -0.114. The van der Waals surface area contributed by atoms with E-state index in [-0.39, 0.29) is 22.9 Å². The van der Waals surface area contributed by atoms with Gasteiger partial charge in [0.05, 0.1) is 24.1 Å². The fourth-order valence-corrected chi connectivity index (χ4v) is 4.38. The molecule has 196 valence electrons. The highest BCUT2D eigenvalue weighted by atomic mass is 16.5. The van der Waals surface area contributed by atoms with Crippen LogP contribution in [0.4, 0.5) is 11.4 Å². The van der Waals surface area contributed by atoms with Crippen molar-refractivity contribution in [2.45, 2.75) is 19.8 Å². The Bertz CT molecular complexity index is 1500. The monoisotopic (exact) mass is 517 g/mol. The zero-order chi connectivity index (χ0) is 27.8. The number of ether oxygens (including phenoxy) is 2.